The molecule has 1 rings (SSSR count). The van der Waals surface area contributed by atoms with Gasteiger partial charge in [-0.15, -0.1) is 0 Å². The SMILES string of the molecule is COc1cc(O)c(C=NNC(N)=O)cc1Cl. The van der Waals surface area contributed by atoms with E-state index in [1.54, 1.807) is 0 Å². The van der Waals surface area contributed by atoms with Gasteiger partial charge >= 0.3 is 6.03 Å². The number of nitrogens with zero attached hydrogens (tertiary/aromatic N) is 1. The fourth-order valence-corrected chi connectivity index (χ4v) is 1.23. The maximum Gasteiger partial charge on any atom is 0.332 e. The summed E-state index contributed by atoms with van der Waals surface area (Å²) in [5.41, 5.74) is 7.12. The Labute approximate surface area is 96.7 Å². The summed E-state index contributed by atoms with van der Waals surface area (Å²) in [5.74, 6) is 0.274. The lowest BCUT2D eigenvalue weighted by Gasteiger charge is -2.05. The van der Waals surface area contributed by atoms with Gasteiger partial charge in [-0.3, -0.25) is 0 Å². The maximum atomic E-state index is 10.3. The molecule has 16 heavy (non-hydrogen) atoms. The average molecular weight is 244 g/mol. The molecule has 0 aromatic heterocycles. The van der Waals surface area contributed by atoms with Gasteiger partial charge in [0.05, 0.1) is 18.3 Å². The second-order valence-corrected chi connectivity index (χ2v) is 3.19. The molecule has 0 aliphatic rings. The number of aromatic hydroxyl groups is 1. The number of phenolic OH excluding ortho intramolecular Hbond substituents is 1. The summed E-state index contributed by atoms with van der Waals surface area (Å²) in [7, 11) is 1.43. The van der Waals surface area contributed by atoms with Gasteiger partial charge in [-0.1, -0.05) is 11.6 Å². The Morgan fingerprint density at radius 3 is 2.94 bits per heavy atom. The standard InChI is InChI=1S/C9H10ClN3O3/c1-16-8-3-7(14)5(2-6(8)10)4-12-13-9(11)15/h2-4,14H,1H3,(H3,11,13,15). The highest BCUT2D eigenvalue weighted by molar-refractivity contribution is 6.32. The third-order valence-corrected chi connectivity index (χ3v) is 1.97. The highest BCUT2D eigenvalue weighted by Crippen LogP contribution is 2.30. The van der Waals surface area contributed by atoms with Crippen molar-refractivity contribution in [1.29, 1.82) is 0 Å². The zero-order valence-electron chi connectivity index (χ0n) is 8.40. The van der Waals surface area contributed by atoms with Crippen molar-refractivity contribution in [3.05, 3.63) is 22.7 Å². The van der Waals surface area contributed by atoms with Gasteiger partial charge < -0.3 is 15.6 Å². The number of urea groups is 1. The average Bonchev–Trinajstić information content (AvgIpc) is 2.22. The molecular weight excluding hydrogens is 234 g/mol. The third-order valence-electron chi connectivity index (χ3n) is 1.68. The fourth-order valence-electron chi connectivity index (χ4n) is 0.983. The molecule has 0 aliphatic carbocycles. The van der Waals surface area contributed by atoms with Gasteiger partial charge in [-0.2, -0.15) is 5.10 Å². The van der Waals surface area contributed by atoms with Gasteiger partial charge in [-0.25, -0.2) is 10.2 Å². The van der Waals surface area contributed by atoms with Crippen molar-refractivity contribution < 1.29 is 14.6 Å². The van der Waals surface area contributed by atoms with Gasteiger partial charge in [0.25, 0.3) is 0 Å². The van der Waals surface area contributed by atoms with E-state index in [9.17, 15) is 9.90 Å². The zero-order chi connectivity index (χ0) is 12.1. The molecule has 7 heteroatoms. The molecule has 0 atom stereocenters. The first-order valence-electron chi connectivity index (χ1n) is 4.19. The lowest BCUT2D eigenvalue weighted by Crippen LogP contribution is -2.24. The quantitative estimate of drug-likeness (QED) is 0.547. The molecule has 0 heterocycles. The normalized spacial score (nSPS) is 10.4. The Hall–Kier alpha value is -1.95. The smallest absolute Gasteiger partial charge is 0.332 e. The van der Waals surface area contributed by atoms with Crippen LogP contribution in [0.3, 0.4) is 0 Å². The van der Waals surface area contributed by atoms with Crippen molar-refractivity contribution in [2.75, 3.05) is 7.11 Å². The van der Waals surface area contributed by atoms with E-state index in [4.69, 9.17) is 22.1 Å². The Morgan fingerprint density at radius 2 is 2.38 bits per heavy atom. The number of rotatable bonds is 3. The number of nitrogens with two attached hydrogens (primary N) is 1. The van der Waals surface area contributed by atoms with Crippen molar-refractivity contribution in [1.82, 2.24) is 5.43 Å². The van der Waals surface area contributed by atoms with Gasteiger partial charge in [0.1, 0.15) is 11.5 Å². The number of hydrogen-bond donors (Lipinski definition) is 3. The topological polar surface area (TPSA) is 96.9 Å². The molecule has 0 aliphatic heterocycles. The molecule has 2 amide bonds. The number of primary amides is 1. The number of nitrogens with one attached hydrogen (secondary N) is 1. The molecule has 0 unspecified atom stereocenters. The van der Waals surface area contributed by atoms with Crippen LogP contribution in [0, 0.1) is 0 Å². The largest absolute Gasteiger partial charge is 0.507 e. The summed E-state index contributed by atoms with van der Waals surface area (Å²) in [6.07, 6.45) is 1.21. The van der Waals surface area contributed by atoms with Crippen molar-refractivity contribution in [2.45, 2.75) is 0 Å². The first-order valence-corrected chi connectivity index (χ1v) is 4.57. The molecule has 4 N–H and O–H groups in total. The van der Waals surface area contributed by atoms with Crippen molar-refractivity contribution in [2.24, 2.45) is 10.8 Å². The number of halogens is 1. The van der Waals surface area contributed by atoms with E-state index in [0.717, 1.165) is 0 Å². The summed E-state index contributed by atoms with van der Waals surface area (Å²) in [5, 5.41) is 13.3. The second-order valence-electron chi connectivity index (χ2n) is 2.78. The third kappa shape index (κ3) is 3.03. The molecule has 0 spiro atoms. The predicted octanol–water partition coefficient (Wildman–Crippen LogP) is 1.06. The lowest BCUT2D eigenvalue weighted by atomic mass is 10.2. The van der Waals surface area contributed by atoms with Crippen LogP contribution in [-0.2, 0) is 0 Å². The second kappa shape index (κ2) is 5.22. The number of carbonyl (C=O) groups excluding carboxylic acids is 1. The summed E-state index contributed by atoms with van der Waals surface area (Å²) < 4.78 is 4.90. The van der Waals surface area contributed by atoms with E-state index in [1.165, 1.54) is 25.5 Å². The van der Waals surface area contributed by atoms with E-state index >= 15 is 0 Å². The number of amides is 2. The van der Waals surface area contributed by atoms with Crippen molar-refractivity contribution in [3.63, 3.8) is 0 Å². The molecule has 0 radical (unpaired) electrons. The number of methoxy groups -OCH3 is 1. The van der Waals surface area contributed by atoms with E-state index < -0.39 is 6.03 Å². The van der Waals surface area contributed by atoms with Crippen LogP contribution in [0.25, 0.3) is 0 Å². The molecule has 0 fully saturated rings. The highest BCUT2D eigenvalue weighted by Gasteiger charge is 2.06. The van der Waals surface area contributed by atoms with E-state index in [2.05, 4.69) is 5.10 Å². The van der Waals surface area contributed by atoms with Crippen LogP contribution in [0.2, 0.25) is 5.02 Å². The Bertz CT molecular complexity index is 434. The van der Waals surface area contributed by atoms with Gasteiger partial charge in [0, 0.05) is 11.6 Å². The lowest BCUT2D eigenvalue weighted by molar-refractivity contribution is 0.249. The molecule has 0 saturated heterocycles. The first kappa shape index (κ1) is 12.1. The van der Waals surface area contributed by atoms with Crippen molar-refractivity contribution in [3.8, 4) is 11.5 Å². The minimum absolute atomic E-state index is 0.0729. The van der Waals surface area contributed by atoms with Crippen LogP contribution in [0.5, 0.6) is 11.5 Å². The predicted molar refractivity (Wildman–Crippen MR) is 60.0 cm³/mol. The molecule has 0 saturated carbocycles. The molecule has 1 aromatic rings. The Balaban J connectivity index is 2.93. The van der Waals surface area contributed by atoms with Gasteiger partial charge in [-0.05, 0) is 6.07 Å². The minimum Gasteiger partial charge on any atom is -0.507 e. The molecule has 86 valence electrons. The monoisotopic (exact) mass is 243 g/mol. The number of hydrazone groups is 1. The maximum absolute atomic E-state index is 10.3. The van der Waals surface area contributed by atoms with Crippen LogP contribution >= 0.6 is 11.6 Å². The van der Waals surface area contributed by atoms with Gasteiger partial charge in [0.15, 0.2) is 0 Å². The number of benzene rings is 1. The van der Waals surface area contributed by atoms with Crippen LogP contribution < -0.4 is 15.9 Å². The molecule has 0 bridgehead atoms. The number of ether oxygens (including phenoxy) is 1. The van der Waals surface area contributed by atoms with E-state index in [1.807, 2.05) is 5.43 Å². The zero-order valence-corrected chi connectivity index (χ0v) is 9.15. The summed E-state index contributed by atoms with van der Waals surface area (Å²) in [4.78, 5) is 10.3. The van der Waals surface area contributed by atoms with Gasteiger partial charge in [0.2, 0.25) is 0 Å². The minimum atomic E-state index is -0.796. The first-order chi connectivity index (χ1) is 7.54. The van der Waals surface area contributed by atoms with Crippen LogP contribution in [-0.4, -0.2) is 24.5 Å². The fraction of sp³-hybridized carbons (Fsp3) is 0.111. The number of carbonyl (C=O) groups is 1. The summed E-state index contributed by atoms with van der Waals surface area (Å²) >= 11 is 5.83. The van der Waals surface area contributed by atoms with Crippen LogP contribution in [0.4, 0.5) is 4.79 Å². The van der Waals surface area contributed by atoms with Crippen molar-refractivity contribution >= 4 is 23.8 Å². The number of phenols is 1. The molecular formula is C9H10ClN3O3. The Morgan fingerprint density at radius 1 is 1.69 bits per heavy atom. The number of hydrogen-bond acceptors (Lipinski definition) is 4. The molecule has 6 nitrogen and oxygen atoms in total. The molecule has 1 aromatic carbocycles. The highest BCUT2D eigenvalue weighted by atomic mass is 35.5. The van der Waals surface area contributed by atoms with Crippen LogP contribution in [0.1, 0.15) is 5.56 Å². The Kier molecular flexibility index (Phi) is 3.96. The van der Waals surface area contributed by atoms with E-state index in [0.29, 0.717) is 16.3 Å². The van der Waals surface area contributed by atoms with E-state index in [-0.39, 0.29) is 5.75 Å². The van der Waals surface area contributed by atoms with Crippen LogP contribution in [0.15, 0.2) is 17.2 Å². The summed E-state index contributed by atoms with van der Waals surface area (Å²) in [6, 6.07) is 1.99. The summed E-state index contributed by atoms with van der Waals surface area (Å²) in [6.45, 7) is 0.